The number of H-pyrrole nitrogens is 1. The lowest BCUT2D eigenvalue weighted by atomic mass is 10.0. The predicted octanol–water partition coefficient (Wildman–Crippen LogP) is 4.94. The summed E-state index contributed by atoms with van der Waals surface area (Å²) in [5.41, 5.74) is 4.34. The summed E-state index contributed by atoms with van der Waals surface area (Å²) in [5.74, 6) is 0.754. The monoisotopic (exact) mass is 350 g/mol. The Labute approximate surface area is 147 Å². The van der Waals surface area contributed by atoms with Crippen LogP contribution in [0.5, 0.6) is 0 Å². The minimum atomic E-state index is -0.0613. The Hall–Kier alpha value is -2.37. The number of nitrogens with one attached hydrogen (secondary N) is 1. The first-order valence-electron chi connectivity index (χ1n) is 7.55. The highest BCUT2D eigenvalue weighted by Gasteiger charge is 2.08. The van der Waals surface area contributed by atoms with E-state index in [1.165, 1.54) is 28.0 Å². The second-order valence-corrected chi connectivity index (χ2v) is 7.20. The molecule has 24 heavy (non-hydrogen) atoms. The fourth-order valence-corrected chi connectivity index (χ4v) is 4.21. The number of fused-ring (bicyclic) bond motifs is 1. The molecule has 0 saturated heterocycles. The number of thioether (sulfide) groups is 1. The Morgan fingerprint density at radius 2 is 1.79 bits per heavy atom. The number of rotatable bonds is 4. The van der Waals surface area contributed by atoms with Crippen LogP contribution in [-0.4, -0.2) is 9.97 Å². The smallest absolute Gasteiger partial charge is 0.269 e. The van der Waals surface area contributed by atoms with Crippen molar-refractivity contribution in [3.63, 3.8) is 0 Å². The van der Waals surface area contributed by atoms with E-state index in [0.29, 0.717) is 9.86 Å². The Kier molecular flexibility index (Phi) is 4.19. The van der Waals surface area contributed by atoms with Crippen molar-refractivity contribution in [3.8, 4) is 11.1 Å². The third-order valence-corrected chi connectivity index (χ3v) is 5.58. The van der Waals surface area contributed by atoms with Crippen LogP contribution in [0.4, 0.5) is 0 Å². The summed E-state index contributed by atoms with van der Waals surface area (Å²) in [6, 6.07) is 20.6. The van der Waals surface area contributed by atoms with E-state index in [9.17, 15) is 4.79 Å². The van der Waals surface area contributed by atoms with Crippen LogP contribution in [-0.2, 0) is 5.75 Å². The van der Waals surface area contributed by atoms with E-state index in [1.54, 1.807) is 11.8 Å². The highest BCUT2D eigenvalue weighted by atomic mass is 32.2. The van der Waals surface area contributed by atoms with Gasteiger partial charge in [-0.3, -0.25) is 4.79 Å². The Bertz CT molecular complexity index is 1040. The van der Waals surface area contributed by atoms with Gasteiger partial charge in [-0.2, -0.15) is 0 Å². The zero-order valence-corrected chi connectivity index (χ0v) is 14.4. The van der Waals surface area contributed by atoms with E-state index in [0.717, 1.165) is 11.3 Å². The van der Waals surface area contributed by atoms with E-state index >= 15 is 0 Å². The van der Waals surface area contributed by atoms with Crippen LogP contribution in [0.1, 0.15) is 5.56 Å². The fraction of sp³-hybridized carbons (Fsp3) is 0.0526. The van der Waals surface area contributed by atoms with Gasteiger partial charge in [0.25, 0.3) is 5.56 Å². The van der Waals surface area contributed by atoms with Crippen molar-refractivity contribution in [2.75, 3.05) is 0 Å². The van der Waals surface area contributed by atoms with Gasteiger partial charge in [-0.05, 0) is 28.1 Å². The first-order valence-corrected chi connectivity index (χ1v) is 9.41. The first kappa shape index (κ1) is 15.2. The molecule has 0 aliphatic heterocycles. The molecule has 0 saturated carbocycles. The molecule has 0 fully saturated rings. The third-order valence-electron chi connectivity index (χ3n) is 3.76. The van der Waals surface area contributed by atoms with E-state index in [-0.39, 0.29) is 5.56 Å². The molecule has 3 nitrogen and oxygen atoms in total. The summed E-state index contributed by atoms with van der Waals surface area (Å²) < 4.78 is 0.684. The molecule has 5 heteroatoms. The molecule has 0 aliphatic rings. The average Bonchev–Trinajstić information content (AvgIpc) is 3.10. The van der Waals surface area contributed by atoms with Gasteiger partial charge in [-0.1, -0.05) is 66.4 Å². The van der Waals surface area contributed by atoms with Crippen LogP contribution in [0.3, 0.4) is 0 Å². The molecule has 0 bridgehead atoms. The van der Waals surface area contributed by atoms with Crippen molar-refractivity contribution in [1.82, 2.24) is 9.97 Å². The molecule has 0 unspecified atom stereocenters. The Balaban J connectivity index is 1.63. The van der Waals surface area contributed by atoms with E-state index in [4.69, 9.17) is 0 Å². The van der Waals surface area contributed by atoms with E-state index in [2.05, 4.69) is 34.2 Å². The van der Waals surface area contributed by atoms with Crippen LogP contribution < -0.4 is 5.56 Å². The lowest BCUT2D eigenvalue weighted by Crippen LogP contribution is -2.07. The minimum absolute atomic E-state index is 0.0613. The first-order chi connectivity index (χ1) is 11.8. The van der Waals surface area contributed by atoms with E-state index in [1.807, 2.05) is 41.8 Å². The van der Waals surface area contributed by atoms with Crippen molar-refractivity contribution in [2.24, 2.45) is 0 Å². The number of hydrogen-bond acceptors (Lipinski definition) is 4. The van der Waals surface area contributed by atoms with Crippen LogP contribution in [0.15, 0.2) is 76.0 Å². The SMILES string of the molecule is O=c1[nH]c(SCc2ccccc2-c2ccccc2)nc2ccsc12. The molecule has 0 radical (unpaired) electrons. The lowest BCUT2D eigenvalue weighted by Gasteiger charge is -2.09. The standard InChI is InChI=1S/C19H14N2OS2/c22-18-17-16(10-11-23-17)20-19(21-18)24-12-14-8-4-5-9-15(14)13-6-2-1-3-7-13/h1-11H,12H2,(H,20,21,22). The average molecular weight is 350 g/mol. The number of aromatic amines is 1. The molecule has 0 spiro atoms. The summed E-state index contributed by atoms with van der Waals surface area (Å²) in [5, 5.41) is 2.56. The lowest BCUT2D eigenvalue weighted by molar-refractivity contribution is 0.978. The van der Waals surface area contributed by atoms with Gasteiger partial charge in [0.15, 0.2) is 5.16 Å². The van der Waals surface area contributed by atoms with Gasteiger partial charge < -0.3 is 4.98 Å². The van der Waals surface area contributed by atoms with Gasteiger partial charge in [0, 0.05) is 5.75 Å². The number of aromatic nitrogens is 2. The molecular weight excluding hydrogens is 336 g/mol. The quantitative estimate of drug-likeness (QED) is 0.419. The Morgan fingerprint density at radius 1 is 1.00 bits per heavy atom. The maximum absolute atomic E-state index is 12.1. The number of hydrogen-bond donors (Lipinski definition) is 1. The van der Waals surface area contributed by atoms with Crippen molar-refractivity contribution >= 4 is 33.3 Å². The molecule has 1 N–H and O–H groups in total. The molecule has 2 aromatic heterocycles. The van der Waals surface area contributed by atoms with Gasteiger partial charge in [0.2, 0.25) is 0 Å². The molecule has 4 aromatic rings. The van der Waals surface area contributed by atoms with Crippen molar-refractivity contribution in [2.45, 2.75) is 10.9 Å². The molecule has 118 valence electrons. The van der Waals surface area contributed by atoms with Crippen molar-refractivity contribution in [3.05, 3.63) is 82.0 Å². The summed E-state index contributed by atoms with van der Waals surface area (Å²) in [6.45, 7) is 0. The van der Waals surface area contributed by atoms with Gasteiger partial charge in [0.05, 0.1) is 5.52 Å². The second kappa shape index (κ2) is 6.63. The summed E-state index contributed by atoms with van der Waals surface area (Å²) in [6.07, 6.45) is 0. The van der Waals surface area contributed by atoms with Gasteiger partial charge in [-0.15, -0.1) is 11.3 Å². The molecule has 4 rings (SSSR count). The highest BCUT2D eigenvalue weighted by Crippen LogP contribution is 2.28. The van der Waals surface area contributed by atoms with E-state index < -0.39 is 0 Å². The topological polar surface area (TPSA) is 45.8 Å². The molecule has 0 atom stereocenters. The van der Waals surface area contributed by atoms with Crippen LogP contribution in [0.2, 0.25) is 0 Å². The fourth-order valence-electron chi connectivity index (χ4n) is 2.61. The van der Waals surface area contributed by atoms with Crippen LogP contribution in [0.25, 0.3) is 21.3 Å². The molecule has 2 aromatic carbocycles. The van der Waals surface area contributed by atoms with Crippen LogP contribution in [0, 0.1) is 0 Å². The van der Waals surface area contributed by atoms with Gasteiger partial charge in [-0.25, -0.2) is 4.98 Å². The number of thiophene rings is 1. The molecule has 0 amide bonds. The van der Waals surface area contributed by atoms with Crippen molar-refractivity contribution < 1.29 is 0 Å². The molecule has 0 aliphatic carbocycles. The second-order valence-electron chi connectivity index (χ2n) is 5.32. The minimum Gasteiger partial charge on any atom is -0.300 e. The van der Waals surface area contributed by atoms with Gasteiger partial charge in [0.1, 0.15) is 4.70 Å². The summed E-state index contributed by atoms with van der Waals surface area (Å²) in [4.78, 5) is 19.5. The number of nitrogens with zero attached hydrogens (tertiary/aromatic N) is 1. The highest BCUT2D eigenvalue weighted by molar-refractivity contribution is 7.98. The zero-order valence-electron chi connectivity index (χ0n) is 12.7. The predicted molar refractivity (Wildman–Crippen MR) is 102 cm³/mol. The number of benzene rings is 2. The summed E-state index contributed by atoms with van der Waals surface area (Å²) in [7, 11) is 0. The third kappa shape index (κ3) is 3.00. The zero-order chi connectivity index (χ0) is 16.4. The maximum Gasteiger partial charge on any atom is 0.269 e. The molecular formula is C19H14N2OS2. The summed E-state index contributed by atoms with van der Waals surface area (Å²) >= 11 is 2.97. The maximum atomic E-state index is 12.1. The normalized spacial score (nSPS) is 11.0. The van der Waals surface area contributed by atoms with Crippen LogP contribution >= 0.6 is 23.1 Å². The largest absolute Gasteiger partial charge is 0.300 e. The van der Waals surface area contributed by atoms with Gasteiger partial charge >= 0.3 is 0 Å². The molecule has 2 heterocycles. The Morgan fingerprint density at radius 3 is 2.67 bits per heavy atom. The van der Waals surface area contributed by atoms with Crippen molar-refractivity contribution in [1.29, 1.82) is 0 Å².